The van der Waals surface area contributed by atoms with Crippen molar-refractivity contribution in [2.45, 2.75) is 0 Å². The first-order valence-electron chi connectivity index (χ1n) is 2.84. The number of amides is 1. The Balaban J connectivity index is 2.58. The summed E-state index contributed by atoms with van der Waals surface area (Å²) in [5, 5.41) is 2.25. The highest BCUT2D eigenvalue weighted by Crippen LogP contribution is 1.94. The predicted molar refractivity (Wildman–Crippen MR) is 34.9 cm³/mol. The van der Waals surface area contributed by atoms with Crippen molar-refractivity contribution in [1.82, 2.24) is 20.3 Å². The Hall–Kier alpha value is -1.72. The summed E-state index contributed by atoms with van der Waals surface area (Å²) in [5.74, 6) is 0. The molecular formula is C5H6N4O2. The minimum Gasteiger partial charge on any atom is -0.374 e. The van der Waals surface area contributed by atoms with E-state index in [-0.39, 0.29) is 6.01 Å². The Morgan fingerprint density at radius 1 is 1.55 bits per heavy atom. The van der Waals surface area contributed by atoms with E-state index in [1.54, 1.807) is 0 Å². The number of aromatic nitrogens is 3. The van der Waals surface area contributed by atoms with Gasteiger partial charge >= 0.3 is 12.1 Å². The molecule has 0 saturated carbocycles. The molecule has 1 aromatic heterocycles. The molecule has 0 fully saturated rings. The van der Waals surface area contributed by atoms with E-state index in [2.05, 4.69) is 25.0 Å². The highest BCUT2D eigenvalue weighted by atomic mass is 16.6. The summed E-state index contributed by atoms with van der Waals surface area (Å²) in [6, 6.07) is -0.0145. The number of rotatable bonds is 1. The summed E-state index contributed by atoms with van der Waals surface area (Å²) in [7, 11) is 1.45. The summed E-state index contributed by atoms with van der Waals surface area (Å²) in [5.41, 5.74) is 0. The largest absolute Gasteiger partial charge is 0.414 e. The molecule has 0 saturated heterocycles. The number of nitrogens with zero attached hydrogens (tertiary/aromatic N) is 3. The van der Waals surface area contributed by atoms with Crippen molar-refractivity contribution >= 4 is 6.09 Å². The van der Waals surface area contributed by atoms with Crippen LogP contribution in [0.15, 0.2) is 12.7 Å². The molecule has 0 aromatic carbocycles. The molecule has 11 heavy (non-hydrogen) atoms. The first-order valence-corrected chi connectivity index (χ1v) is 2.84. The third-order valence-electron chi connectivity index (χ3n) is 0.858. The zero-order chi connectivity index (χ0) is 8.10. The van der Waals surface area contributed by atoms with E-state index in [1.807, 2.05) is 0 Å². The second-order valence-corrected chi connectivity index (χ2v) is 1.56. The Labute approximate surface area is 62.6 Å². The lowest BCUT2D eigenvalue weighted by molar-refractivity contribution is 0.198. The fourth-order valence-electron chi connectivity index (χ4n) is 0.415. The van der Waals surface area contributed by atoms with Gasteiger partial charge in [0.15, 0.2) is 0 Å². The van der Waals surface area contributed by atoms with Gasteiger partial charge in [0.2, 0.25) is 0 Å². The minimum atomic E-state index is -0.601. The van der Waals surface area contributed by atoms with Crippen molar-refractivity contribution in [3.05, 3.63) is 12.7 Å². The number of carbonyl (C=O) groups is 1. The van der Waals surface area contributed by atoms with Crippen LogP contribution in [0.4, 0.5) is 4.79 Å². The van der Waals surface area contributed by atoms with Gasteiger partial charge in [-0.2, -0.15) is 9.97 Å². The summed E-state index contributed by atoms with van der Waals surface area (Å²) in [4.78, 5) is 21.2. The fourth-order valence-corrected chi connectivity index (χ4v) is 0.415. The standard InChI is InChI=1S/C5H6N4O2/c1-6-5(10)11-4-8-2-7-3-9-4/h2-3H,1H3,(H,6,10). The number of nitrogens with one attached hydrogen (secondary N) is 1. The number of hydrogen-bond acceptors (Lipinski definition) is 5. The van der Waals surface area contributed by atoms with Crippen LogP contribution < -0.4 is 10.1 Å². The van der Waals surface area contributed by atoms with Crippen LogP contribution in [-0.2, 0) is 0 Å². The maximum Gasteiger partial charge on any atom is 0.414 e. The number of ether oxygens (including phenoxy) is 1. The van der Waals surface area contributed by atoms with Crippen LogP contribution >= 0.6 is 0 Å². The average molecular weight is 154 g/mol. The molecule has 0 aliphatic heterocycles. The van der Waals surface area contributed by atoms with Gasteiger partial charge < -0.3 is 10.1 Å². The third-order valence-corrected chi connectivity index (χ3v) is 0.858. The number of hydrogen-bond donors (Lipinski definition) is 1. The number of carbonyl (C=O) groups excluding carboxylic acids is 1. The lowest BCUT2D eigenvalue weighted by Crippen LogP contribution is -2.22. The molecule has 0 aliphatic carbocycles. The van der Waals surface area contributed by atoms with Crippen LogP contribution in [0.3, 0.4) is 0 Å². The van der Waals surface area contributed by atoms with Gasteiger partial charge in [0.25, 0.3) is 0 Å². The van der Waals surface area contributed by atoms with Crippen molar-refractivity contribution in [2.24, 2.45) is 0 Å². The molecule has 1 amide bonds. The van der Waals surface area contributed by atoms with Crippen LogP contribution in [0.25, 0.3) is 0 Å². The Bertz CT molecular complexity index is 237. The molecule has 0 spiro atoms. The van der Waals surface area contributed by atoms with Gasteiger partial charge in [-0.3, -0.25) is 0 Å². The molecule has 1 N–H and O–H groups in total. The first kappa shape index (κ1) is 7.39. The van der Waals surface area contributed by atoms with Crippen LogP contribution in [0.2, 0.25) is 0 Å². The monoisotopic (exact) mass is 154 g/mol. The zero-order valence-electron chi connectivity index (χ0n) is 5.81. The second kappa shape index (κ2) is 3.45. The highest BCUT2D eigenvalue weighted by Gasteiger charge is 2.01. The smallest absolute Gasteiger partial charge is 0.374 e. The Kier molecular flexibility index (Phi) is 2.32. The van der Waals surface area contributed by atoms with Crippen molar-refractivity contribution in [3.63, 3.8) is 0 Å². The molecule has 1 aromatic rings. The Morgan fingerprint density at radius 2 is 2.18 bits per heavy atom. The van der Waals surface area contributed by atoms with E-state index in [4.69, 9.17) is 0 Å². The highest BCUT2D eigenvalue weighted by molar-refractivity contribution is 5.68. The van der Waals surface area contributed by atoms with Crippen LogP contribution in [0.1, 0.15) is 0 Å². The van der Waals surface area contributed by atoms with Crippen molar-refractivity contribution in [2.75, 3.05) is 7.05 Å². The van der Waals surface area contributed by atoms with Crippen LogP contribution in [0.5, 0.6) is 6.01 Å². The zero-order valence-corrected chi connectivity index (χ0v) is 5.81. The van der Waals surface area contributed by atoms with E-state index in [9.17, 15) is 4.79 Å². The van der Waals surface area contributed by atoms with Crippen molar-refractivity contribution in [1.29, 1.82) is 0 Å². The topological polar surface area (TPSA) is 77.0 Å². The normalized spacial score (nSPS) is 8.82. The average Bonchev–Trinajstić information content (AvgIpc) is 2.06. The first-order chi connectivity index (χ1) is 5.33. The molecule has 58 valence electrons. The maximum atomic E-state index is 10.5. The summed E-state index contributed by atoms with van der Waals surface area (Å²) < 4.78 is 4.55. The summed E-state index contributed by atoms with van der Waals surface area (Å²) >= 11 is 0. The molecule has 0 radical (unpaired) electrons. The van der Waals surface area contributed by atoms with Gasteiger partial charge in [0.05, 0.1) is 0 Å². The molecule has 1 rings (SSSR count). The predicted octanol–water partition coefficient (Wildman–Crippen LogP) is -0.410. The lowest BCUT2D eigenvalue weighted by atomic mass is 11.0. The quantitative estimate of drug-likeness (QED) is 0.595. The molecule has 0 atom stereocenters. The molecule has 0 unspecified atom stereocenters. The maximum absolute atomic E-state index is 10.5. The van der Waals surface area contributed by atoms with Gasteiger partial charge in [0, 0.05) is 7.05 Å². The van der Waals surface area contributed by atoms with Gasteiger partial charge in [-0.25, -0.2) is 9.78 Å². The van der Waals surface area contributed by atoms with Gasteiger partial charge in [-0.1, -0.05) is 0 Å². The molecule has 1 heterocycles. The molecule has 0 bridgehead atoms. The van der Waals surface area contributed by atoms with E-state index in [0.717, 1.165) is 0 Å². The molecule has 0 aliphatic rings. The molecule has 6 nitrogen and oxygen atoms in total. The van der Waals surface area contributed by atoms with E-state index < -0.39 is 6.09 Å². The van der Waals surface area contributed by atoms with E-state index in [1.165, 1.54) is 19.7 Å². The SMILES string of the molecule is CNC(=O)Oc1ncncn1. The Morgan fingerprint density at radius 3 is 2.73 bits per heavy atom. The van der Waals surface area contributed by atoms with Crippen LogP contribution in [0, 0.1) is 0 Å². The van der Waals surface area contributed by atoms with E-state index >= 15 is 0 Å². The van der Waals surface area contributed by atoms with Gasteiger partial charge in [0.1, 0.15) is 12.7 Å². The lowest BCUT2D eigenvalue weighted by Gasteiger charge is -1.97. The van der Waals surface area contributed by atoms with Gasteiger partial charge in [-0.15, -0.1) is 0 Å². The third kappa shape index (κ3) is 2.17. The van der Waals surface area contributed by atoms with Crippen molar-refractivity contribution in [3.8, 4) is 6.01 Å². The van der Waals surface area contributed by atoms with Crippen LogP contribution in [-0.4, -0.2) is 28.1 Å². The fraction of sp³-hybridized carbons (Fsp3) is 0.200. The minimum absolute atomic E-state index is 0.0145. The molecule has 6 heteroatoms. The summed E-state index contributed by atoms with van der Waals surface area (Å²) in [6.45, 7) is 0. The van der Waals surface area contributed by atoms with E-state index in [0.29, 0.717) is 0 Å². The van der Waals surface area contributed by atoms with Gasteiger partial charge in [-0.05, 0) is 0 Å². The molecular weight excluding hydrogens is 148 g/mol. The van der Waals surface area contributed by atoms with Crippen molar-refractivity contribution < 1.29 is 9.53 Å². The second-order valence-electron chi connectivity index (χ2n) is 1.56. The summed E-state index contributed by atoms with van der Waals surface area (Å²) in [6.07, 6.45) is 1.88.